The van der Waals surface area contributed by atoms with E-state index in [-0.39, 0.29) is 16.1 Å². The van der Waals surface area contributed by atoms with Crippen LogP contribution in [0, 0.1) is 11.3 Å². The molecule has 0 spiro atoms. The summed E-state index contributed by atoms with van der Waals surface area (Å²) in [6.45, 7) is 0.833. The van der Waals surface area contributed by atoms with Gasteiger partial charge in [-0.1, -0.05) is 30.7 Å². The standard InChI is InChI=1S/C22H20F3N3O4S/c23-22(24,25)32-20-10-3-2-7-16(20)13-17(15-26)21(29)27-18-8-6-9-19(14-18)33(30,31)28-11-4-1-5-12-28/h2-3,6-10,13-14H,1,4-5,11-12H2,(H,27,29)/b17-13+. The quantitative estimate of drug-likeness (QED) is 0.492. The van der Waals surface area contributed by atoms with E-state index in [9.17, 15) is 31.6 Å². The Morgan fingerprint density at radius 3 is 2.45 bits per heavy atom. The molecule has 0 bridgehead atoms. The molecule has 2 aromatic rings. The molecule has 1 fully saturated rings. The van der Waals surface area contributed by atoms with Gasteiger partial charge in [0, 0.05) is 24.3 Å². The number of carbonyl (C=O) groups is 1. The van der Waals surface area contributed by atoms with Crippen LogP contribution in [0.15, 0.2) is 59.0 Å². The fourth-order valence-electron chi connectivity index (χ4n) is 3.31. The van der Waals surface area contributed by atoms with Gasteiger partial charge in [-0.05, 0) is 43.2 Å². The van der Waals surface area contributed by atoms with Gasteiger partial charge in [0.1, 0.15) is 17.4 Å². The topological polar surface area (TPSA) is 99.5 Å². The Morgan fingerprint density at radius 1 is 1.09 bits per heavy atom. The Labute approximate surface area is 189 Å². The van der Waals surface area contributed by atoms with Crippen LogP contribution in [-0.4, -0.2) is 38.1 Å². The van der Waals surface area contributed by atoms with Crippen molar-refractivity contribution in [2.24, 2.45) is 0 Å². The van der Waals surface area contributed by atoms with E-state index < -0.39 is 33.6 Å². The van der Waals surface area contributed by atoms with E-state index in [0.29, 0.717) is 13.1 Å². The summed E-state index contributed by atoms with van der Waals surface area (Å²) in [5, 5.41) is 11.8. The van der Waals surface area contributed by atoms with Gasteiger partial charge in [-0.2, -0.15) is 9.57 Å². The predicted molar refractivity (Wildman–Crippen MR) is 114 cm³/mol. The summed E-state index contributed by atoms with van der Waals surface area (Å²) in [4.78, 5) is 12.6. The van der Waals surface area contributed by atoms with Gasteiger partial charge in [-0.25, -0.2) is 8.42 Å². The van der Waals surface area contributed by atoms with Crippen LogP contribution in [0.5, 0.6) is 5.75 Å². The number of para-hydroxylation sites is 1. The number of carbonyl (C=O) groups excluding carboxylic acids is 1. The number of hydrogen-bond acceptors (Lipinski definition) is 5. The molecule has 0 atom stereocenters. The summed E-state index contributed by atoms with van der Waals surface area (Å²) in [6.07, 6.45) is -1.48. The number of nitrogens with one attached hydrogen (secondary N) is 1. The molecule has 2 aromatic carbocycles. The van der Waals surface area contributed by atoms with Gasteiger partial charge in [0.25, 0.3) is 5.91 Å². The van der Waals surface area contributed by atoms with Crippen LogP contribution in [-0.2, 0) is 14.8 Å². The van der Waals surface area contributed by atoms with Crippen molar-refractivity contribution in [3.8, 4) is 11.8 Å². The first-order chi connectivity index (χ1) is 15.6. The van der Waals surface area contributed by atoms with Gasteiger partial charge in [-0.3, -0.25) is 4.79 Å². The Hall–Kier alpha value is -3.36. The second-order valence-electron chi connectivity index (χ2n) is 7.20. The summed E-state index contributed by atoms with van der Waals surface area (Å²) >= 11 is 0. The minimum atomic E-state index is -4.95. The summed E-state index contributed by atoms with van der Waals surface area (Å²) in [7, 11) is -3.74. The van der Waals surface area contributed by atoms with Crippen LogP contribution in [0.2, 0.25) is 0 Å². The van der Waals surface area contributed by atoms with E-state index in [0.717, 1.165) is 31.4 Å². The van der Waals surface area contributed by atoms with E-state index in [1.165, 1.54) is 46.8 Å². The Bertz CT molecular complexity index is 1200. The summed E-state index contributed by atoms with van der Waals surface area (Å²) in [5.41, 5.74) is -0.487. The molecule has 33 heavy (non-hydrogen) atoms. The number of benzene rings is 2. The van der Waals surface area contributed by atoms with Gasteiger partial charge >= 0.3 is 6.36 Å². The number of sulfonamides is 1. The molecule has 1 saturated heterocycles. The second-order valence-corrected chi connectivity index (χ2v) is 9.14. The minimum absolute atomic E-state index is 0.00592. The zero-order valence-electron chi connectivity index (χ0n) is 17.3. The van der Waals surface area contributed by atoms with Crippen molar-refractivity contribution in [3.05, 3.63) is 59.7 Å². The maximum absolute atomic E-state index is 12.9. The molecular formula is C22H20F3N3O4S. The predicted octanol–water partition coefficient (Wildman–Crippen LogP) is 4.31. The van der Waals surface area contributed by atoms with Gasteiger partial charge < -0.3 is 10.1 Å². The van der Waals surface area contributed by atoms with Crippen LogP contribution in [0.4, 0.5) is 18.9 Å². The smallest absolute Gasteiger partial charge is 0.405 e. The molecular weight excluding hydrogens is 459 g/mol. The Morgan fingerprint density at radius 2 is 1.79 bits per heavy atom. The summed E-state index contributed by atoms with van der Waals surface area (Å²) in [6, 6.07) is 12.3. The molecule has 1 heterocycles. The van der Waals surface area contributed by atoms with Crippen LogP contribution < -0.4 is 10.1 Å². The first kappa shape index (κ1) is 24.3. The highest BCUT2D eigenvalue weighted by Crippen LogP contribution is 2.28. The lowest BCUT2D eigenvalue weighted by atomic mass is 10.1. The lowest BCUT2D eigenvalue weighted by Crippen LogP contribution is -2.35. The third-order valence-electron chi connectivity index (χ3n) is 4.85. The highest BCUT2D eigenvalue weighted by Gasteiger charge is 2.32. The maximum atomic E-state index is 12.9. The molecule has 11 heteroatoms. The number of halogens is 3. The molecule has 7 nitrogen and oxygen atoms in total. The molecule has 3 rings (SSSR count). The lowest BCUT2D eigenvalue weighted by Gasteiger charge is -2.26. The number of amides is 1. The number of alkyl halides is 3. The number of anilines is 1. The van der Waals surface area contributed by atoms with E-state index in [4.69, 9.17) is 0 Å². The minimum Gasteiger partial charge on any atom is -0.405 e. The molecule has 0 aromatic heterocycles. The number of nitriles is 1. The highest BCUT2D eigenvalue weighted by atomic mass is 32.2. The van der Waals surface area contributed by atoms with Crippen molar-refractivity contribution >= 4 is 27.7 Å². The van der Waals surface area contributed by atoms with Crippen molar-refractivity contribution < 1.29 is 31.1 Å². The van der Waals surface area contributed by atoms with Crippen molar-refractivity contribution in [2.45, 2.75) is 30.5 Å². The zero-order valence-corrected chi connectivity index (χ0v) is 18.1. The highest BCUT2D eigenvalue weighted by molar-refractivity contribution is 7.89. The van der Waals surface area contributed by atoms with Crippen molar-refractivity contribution in [1.82, 2.24) is 4.31 Å². The Kier molecular flexibility index (Phi) is 7.40. The fraction of sp³-hybridized carbons (Fsp3) is 0.273. The van der Waals surface area contributed by atoms with E-state index >= 15 is 0 Å². The number of nitrogens with zero attached hydrogens (tertiary/aromatic N) is 2. The molecule has 1 amide bonds. The summed E-state index contributed by atoms with van der Waals surface area (Å²) < 4.78 is 68.9. The average molecular weight is 479 g/mol. The second kappa shape index (κ2) is 10.1. The average Bonchev–Trinajstić information content (AvgIpc) is 2.78. The maximum Gasteiger partial charge on any atom is 0.573 e. The zero-order chi connectivity index (χ0) is 24.1. The molecule has 0 radical (unpaired) electrons. The molecule has 174 valence electrons. The molecule has 0 saturated carbocycles. The SMILES string of the molecule is N#C/C(=C\c1ccccc1OC(F)(F)F)C(=O)Nc1cccc(S(=O)(=O)N2CCCCC2)c1. The normalized spacial score (nSPS) is 15.5. The van der Waals surface area contributed by atoms with Gasteiger partial charge in [0.2, 0.25) is 10.0 Å². The molecule has 1 aliphatic heterocycles. The van der Waals surface area contributed by atoms with Crippen LogP contribution in [0.3, 0.4) is 0 Å². The van der Waals surface area contributed by atoms with Crippen molar-refractivity contribution in [2.75, 3.05) is 18.4 Å². The first-order valence-electron chi connectivity index (χ1n) is 9.98. The molecule has 0 unspecified atom stereocenters. The third-order valence-corrected chi connectivity index (χ3v) is 6.75. The van der Waals surface area contributed by atoms with E-state index in [1.54, 1.807) is 6.07 Å². The number of ether oxygens (including phenoxy) is 1. The number of hydrogen-bond donors (Lipinski definition) is 1. The van der Waals surface area contributed by atoms with Crippen LogP contribution >= 0.6 is 0 Å². The monoisotopic (exact) mass is 479 g/mol. The first-order valence-corrected chi connectivity index (χ1v) is 11.4. The number of rotatable bonds is 6. The number of piperidine rings is 1. The fourth-order valence-corrected chi connectivity index (χ4v) is 4.87. The van der Waals surface area contributed by atoms with Crippen molar-refractivity contribution in [1.29, 1.82) is 5.26 Å². The summed E-state index contributed by atoms with van der Waals surface area (Å²) in [5.74, 6) is -1.48. The largest absolute Gasteiger partial charge is 0.573 e. The Balaban J connectivity index is 1.82. The van der Waals surface area contributed by atoms with Gasteiger partial charge in [0.05, 0.1) is 4.90 Å². The lowest BCUT2D eigenvalue weighted by molar-refractivity contribution is -0.274. The van der Waals surface area contributed by atoms with Crippen LogP contribution in [0.1, 0.15) is 24.8 Å². The van der Waals surface area contributed by atoms with Crippen LogP contribution in [0.25, 0.3) is 6.08 Å². The third kappa shape index (κ3) is 6.34. The molecule has 1 aliphatic rings. The van der Waals surface area contributed by atoms with Gasteiger partial charge in [0.15, 0.2) is 0 Å². The molecule has 1 N–H and O–H groups in total. The van der Waals surface area contributed by atoms with Gasteiger partial charge in [-0.15, -0.1) is 13.2 Å². The molecule has 0 aliphatic carbocycles. The van der Waals surface area contributed by atoms with E-state index in [1.807, 2.05) is 0 Å². The van der Waals surface area contributed by atoms with Crippen molar-refractivity contribution in [3.63, 3.8) is 0 Å². The van der Waals surface area contributed by atoms with E-state index in [2.05, 4.69) is 10.1 Å².